The molecular weight excluding hydrogens is 375 g/mol. The number of ether oxygens (including phenoxy) is 1. The van der Waals surface area contributed by atoms with E-state index < -0.39 is 0 Å². The van der Waals surface area contributed by atoms with E-state index in [0.717, 1.165) is 11.4 Å². The van der Waals surface area contributed by atoms with Crippen molar-refractivity contribution in [3.05, 3.63) is 84.2 Å². The van der Waals surface area contributed by atoms with E-state index in [2.05, 4.69) is 14.9 Å². The summed E-state index contributed by atoms with van der Waals surface area (Å²) in [5.41, 5.74) is 2.32. The van der Waals surface area contributed by atoms with Crippen LogP contribution in [-0.2, 0) is 11.3 Å². The Bertz CT molecular complexity index is 962. The van der Waals surface area contributed by atoms with Crippen LogP contribution in [-0.4, -0.2) is 28.4 Å². The number of para-hydroxylation sites is 1. The van der Waals surface area contributed by atoms with Gasteiger partial charge in [-0.05, 0) is 48.6 Å². The normalized spacial score (nSPS) is 19.1. The van der Waals surface area contributed by atoms with Crippen LogP contribution in [0.3, 0.4) is 0 Å². The minimum absolute atomic E-state index is 0.204. The fourth-order valence-corrected chi connectivity index (χ4v) is 3.99. The maximum atomic E-state index is 14.7. The Kier molecular flexibility index (Phi) is 5.36. The van der Waals surface area contributed by atoms with E-state index in [1.54, 1.807) is 25.4 Å². The highest BCUT2D eigenvalue weighted by Gasteiger charge is 2.42. The third-order valence-electron chi connectivity index (χ3n) is 4.91. The molecule has 5 nitrogen and oxygen atoms in total. The second-order valence-corrected chi connectivity index (χ2v) is 6.95. The molecule has 1 aliphatic heterocycles. The van der Waals surface area contributed by atoms with Gasteiger partial charge in [0, 0.05) is 31.7 Å². The largest absolute Gasteiger partial charge is 0.383 e. The maximum Gasteiger partial charge on any atom is 0.174 e. The molecule has 144 valence electrons. The SMILES string of the molecule is COCCn1cccc1[C@@H]1[C@@H](c2ccccn2)NC(=S)N1c1ccccc1F. The number of benzene rings is 1. The van der Waals surface area contributed by atoms with Gasteiger partial charge in [-0.15, -0.1) is 0 Å². The van der Waals surface area contributed by atoms with Crippen molar-refractivity contribution in [1.82, 2.24) is 14.9 Å². The Morgan fingerprint density at radius 3 is 2.71 bits per heavy atom. The summed E-state index contributed by atoms with van der Waals surface area (Å²) >= 11 is 5.63. The minimum atomic E-state index is -0.312. The number of aromatic nitrogens is 2. The number of hydrogen-bond donors (Lipinski definition) is 1. The van der Waals surface area contributed by atoms with Crippen LogP contribution >= 0.6 is 12.2 Å². The Morgan fingerprint density at radius 2 is 1.96 bits per heavy atom. The van der Waals surface area contributed by atoms with Crippen molar-refractivity contribution in [3.8, 4) is 0 Å². The van der Waals surface area contributed by atoms with Crippen LogP contribution in [0.1, 0.15) is 23.5 Å². The molecule has 0 amide bonds. The molecule has 0 bridgehead atoms. The lowest BCUT2D eigenvalue weighted by Gasteiger charge is -2.29. The van der Waals surface area contributed by atoms with E-state index in [1.165, 1.54) is 6.07 Å². The van der Waals surface area contributed by atoms with Gasteiger partial charge in [-0.1, -0.05) is 18.2 Å². The molecule has 7 heteroatoms. The molecule has 0 radical (unpaired) electrons. The van der Waals surface area contributed by atoms with E-state index in [0.29, 0.717) is 24.0 Å². The molecule has 28 heavy (non-hydrogen) atoms. The lowest BCUT2D eigenvalue weighted by molar-refractivity contribution is 0.186. The van der Waals surface area contributed by atoms with E-state index in [9.17, 15) is 4.39 Å². The Labute approximate surface area is 168 Å². The molecule has 2 aromatic heterocycles. The van der Waals surface area contributed by atoms with Crippen LogP contribution in [0.4, 0.5) is 10.1 Å². The van der Waals surface area contributed by atoms with E-state index in [1.807, 2.05) is 47.5 Å². The molecule has 1 fully saturated rings. The lowest BCUT2D eigenvalue weighted by atomic mass is 10.0. The van der Waals surface area contributed by atoms with Gasteiger partial charge in [-0.25, -0.2) is 4.39 Å². The number of nitrogens with one attached hydrogen (secondary N) is 1. The Balaban J connectivity index is 1.83. The van der Waals surface area contributed by atoms with E-state index in [-0.39, 0.29) is 17.9 Å². The Morgan fingerprint density at radius 1 is 1.14 bits per heavy atom. The molecule has 2 atom stereocenters. The maximum absolute atomic E-state index is 14.7. The van der Waals surface area contributed by atoms with Gasteiger partial charge in [0.15, 0.2) is 5.11 Å². The van der Waals surface area contributed by atoms with Crippen LogP contribution in [0, 0.1) is 5.82 Å². The first-order valence-corrected chi connectivity index (χ1v) is 9.50. The number of thiocarbonyl (C=S) groups is 1. The first-order valence-electron chi connectivity index (χ1n) is 9.10. The van der Waals surface area contributed by atoms with Gasteiger partial charge >= 0.3 is 0 Å². The van der Waals surface area contributed by atoms with E-state index in [4.69, 9.17) is 17.0 Å². The van der Waals surface area contributed by atoms with Crippen molar-refractivity contribution >= 4 is 23.0 Å². The summed E-state index contributed by atoms with van der Waals surface area (Å²) in [7, 11) is 1.68. The van der Waals surface area contributed by atoms with Gasteiger partial charge in [0.05, 0.1) is 24.0 Å². The van der Waals surface area contributed by atoms with Gasteiger partial charge in [0.1, 0.15) is 11.9 Å². The average Bonchev–Trinajstić information content (AvgIpc) is 3.31. The third kappa shape index (κ3) is 3.39. The summed E-state index contributed by atoms with van der Waals surface area (Å²) < 4.78 is 22.1. The molecule has 0 unspecified atom stereocenters. The molecule has 0 saturated carbocycles. The quantitative estimate of drug-likeness (QED) is 0.641. The molecule has 1 N–H and O–H groups in total. The van der Waals surface area contributed by atoms with Gasteiger partial charge in [-0.3, -0.25) is 4.98 Å². The molecule has 1 saturated heterocycles. The second-order valence-electron chi connectivity index (χ2n) is 6.57. The summed E-state index contributed by atoms with van der Waals surface area (Å²) in [6, 6.07) is 16.1. The summed E-state index contributed by atoms with van der Waals surface area (Å²) in [5.74, 6) is -0.312. The van der Waals surface area contributed by atoms with Gasteiger partial charge < -0.3 is 19.5 Å². The molecule has 0 aliphatic carbocycles. The number of pyridine rings is 1. The predicted molar refractivity (Wildman–Crippen MR) is 111 cm³/mol. The number of methoxy groups -OCH3 is 1. The highest BCUT2D eigenvalue weighted by atomic mass is 32.1. The van der Waals surface area contributed by atoms with Gasteiger partial charge in [0.25, 0.3) is 0 Å². The van der Waals surface area contributed by atoms with Crippen molar-refractivity contribution in [2.75, 3.05) is 18.6 Å². The molecule has 3 heterocycles. The van der Waals surface area contributed by atoms with Crippen LogP contribution in [0.5, 0.6) is 0 Å². The lowest BCUT2D eigenvalue weighted by Crippen LogP contribution is -2.31. The summed E-state index contributed by atoms with van der Waals surface area (Å²) in [6.45, 7) is 1.28. The van der Waals surface area contributed by atoms with Crippen molar-refractivity contribution in [2.24, 2.45) is 0 Å². The van der Waals surface area contributed by atoms with E-state index >= 15 is 0 Å². The zero-order chi connectivity index (χ0) is 19.5. The van der Waals surface area contributed by atoms with Crippen molar-refractivity contribution < 1.29 is 9.13 Å². The van der Waals surface area contributed by atoms with Gasteiger partial charge in [0.2, 0.25) is 0 Å². The van der Waals surface area contributed by atoms with Crippen LogP contribution in [0.15, 0.2) is 67.0 Å². The number of halogens is 1. The van der Waals surface area contributed by atoms with Crippen LogP contribution < -0.4 is 10.2 Å². The summed E-state index contributed by atoms with van der Waals surface area (Å²) in [6.07, 6.45) is 3.76. The van der Waals surface area contributed by atoms with Crippen molar-refractivity contribution in [1.29, 1.82) is 0 Å². The summed E-state index contributed by atoms with van der Waals surface area (Å²) in [4.78, 5) is 6.37. The standard InChI is InChI=1S/C21H21FN4OS/c1-27-14-13-25-12-6-10-18(25)20-19(16-8-4-5-11-23-16)24-21(28)26(20)17-9-3-2-7-15(17)22/h2-12,19-20H,13-14H2,1H3,(H,24,28)/t19-,20-/m1/s1. The first kappa shape index (κ1) is 18.6. The predicted octanol–water partition coefficient (Wildman–Crippen LogP) is 3.85. The number of hydrogen-bond acceptors (Lipinski definition) is 3. The average molecular weight is 396 g/mol. The molecule has 0 spiro atoms. The topological polar surface area (TPSA) is 42.3 Å². The molecule has 3 aromatic rings. The highest BCUT2D eigenvalue weighted by molar-refractivity contribution is 7.80. The highest BCUT2D eigenvalue weighted by Crippen LogP contribution is 2.42. The fourth-order valence-electron chi connectivity index (χ4n) is 3.65. The van der Waals surface area contributed by atoms with Gasteiger partial charge in [-0.2, -0.15) is 0 Å². The van der Waals surface area contributed by atoms with Crippen LogP contribution in [0.25, 0.3) is 0 Å². The third-order valence-corrected chi connectivity index (χ3v) is 5.23. The molecule has 4 rings (SSSR count). The molecule has 1 aliphatic rings. The zero-order valence-corrected chi connectivity index (χ0v) is 16.3. The second kappa shape index (κ2) is 8.08. The van der Waals surface area contributed by atoms with Crippen molar-refractivity contribution in [2.45, 2.75) is 18.6 Å². The molecular formula is C21H21FN4OS. The zero-order valence-electron chi connectivity index (χ0n) is 15.5. The fraction of sp³-hybridized carbons (Fsp3) is 0.238. The number of rotatable bonds is 6. The minimum Gasteiger partial charge on any atom is -0.383 e. The first-order chi connectivity index (χ1) is 13.7. The monoisotopic (exact) mass is 396 g/mol. The van der Waals surface area contributed by atoms with Crippen LogP contribution in [0.2, 0.25) is 0 Å². The number of anilines is 1. The number of nitrogens with zero attached hydrogens (tertiary/aromatic N) is 3. The smallest absolute Gasteiger partial charge is 0.174 e. The van der Waals surface area contributed by atoms with Crippen molar-refractivity contribution in [3.63, 3.8) is 0 Å². The molecule has 1 aromatic carbocycles. The Hall–Kier alpha value is -2.77. The summed E-state index contributed by atoms with van der Waals surface area (Å²) in [5, 5.41) is 3.83.